The second-order valence-electron chi connectivity index (χ2n) is 7.37. The van der Waals surface area contributed by atoms with Crippen LogP contribution >= 0.6 is 0 Å². The molecule has 0 saturated heterocycles. The Hall–Kier alpha value is -3.40. The van der Waals surface area contributed by atoms with Gasteiger partial charge in [0.15, 0.2) is 11.9 Å². The number of para-hydroxylation sites is 1. The predicted octanol–water partition coefficient (Wildman–Crippen LogP) is 5.84. The van der Waals surface area contributed by atoms with Gasteiger partial charge in [-0.15, -0.1) is 0 Å². The van der Waals surface area contributed by atoms with Crippen molar-refractivity contribution in [2.24, 2.45) is 0 Å². The van der Waals surface area contributed by atoms with E-state index in [1.807, 2.05) is 42.5 Å². The van der Waals surface area contributed by atoms with E-state index in [4.69, 9.17) is 4.74 Å². The van der Waals surface area contributed by atoms with Crippen molar-refractivity contribution in [2.75, 3.05) is 5.32 Å². The number of carbonyl (C=O) groups excluding carboxylic acids is 2. The maximum atomic E-state index is 12.6. The summed E-state index contributed by atoms with van der Waals surface area (Å²) in [7, 11) is 0. The fourth-order valence-electron chi connectivity index (χ4n) is 3.19. The standard InChI is InChI=1S/C26H27NO3/c1-4-18(2)23-12-8-9-13-24(23)27-26(29)19(3)30-22-16-14-21(15-17-22)25(28)20-10-6-5-7-11-20/h5-19H,4H2,1-3H3,(H,27,29)/t18-,19-/m0/s1. The normalized spacial score (nSPS) is 12.6. The molecule has 0 saturated carbocycles. The third kappa shape index (κ3) is 5.15. The van der Waals surface area contributed by atoms with Crippen LogP contribution in [0.15, 0.2) is 78.9 Å². The average molecular weight is 402 g/mol. The lowest BCUT2D eigenvalue weighted by atomic mass is 9.97. The van der Waals surface area contributed by atoms with Crippen LogP contribution in [0, 0.1) is 0 Å². The third-order valence-electron chi connectivity index (χ3n) is 5.20. The summed E-state index contributed by atoms with van der Waals surface area (Å²) in [4.78, 5) is 25.1. The van der Waals surface area contributed by atoms with Crippen molar-refractivity contribution in [2.45, 2.75) is 39.2 Å². The summed E-state index contributed by atoms with van der Waals surface area (Å²) in [5, 5.41) is 2.98. The zero-order valence-corrected chi connectivity index (χ0v) is 17.6. The molecule has 0 unspecified atom stereocenters. The van der Waals surface area contributed by atoms with Crippen LogP contribution in [0.1, 0.15) is 54.6 Å². The van der Waals surface area contributed by atoms with E-state index >= 15 is 0 Å². The minimum atomic E-state index is -0.675. The minimum absolute atomic E-state index is 0.0467. The number of hydrogen-bond donors (Lipinski definition) is 1. The van der Waals surface area contributed by atoms with Gasteiger partial charge in [0.2, 0.25) is 0 Å². The van der Waals surface area contributed by atoms with Gasteiger partial charge in [0.1, 0.15) is 5.75 Å². The monoisotopic (exact) mass is 401 g/mol. The summed E-state index contributed by atoms with van der Waals surface area (Å²) in [5.74, 6) is 0.634. The molecular formula is C26H27NO3. The molecule has 3 aromatic carbocycles. The highest BCUT2D eigenvalue weighted by atomic mass is 16.5. The topological polar surface area (TPSA) is 55.4 Å². The van der Waals surface area contributed by atoms with E-state index in [1.54, 1.807) is 43.3 Å². The van der Waals surface area contributed by atoms with Crippen LogP contribution in [0.3, 0.4) is 0 Å². The summed E-state index contributed by atoms with van der Waals surface area (Å²) < 4.78 is 5.79. The summed E-state index contributed by atoms with van der Waals surface area (Å²) >= 11 is 0. The van der Waals surface area contributed by atoms with Crippen LogP contribution in [0.5, 0.6) is 5.75 Å². The van der Waals surface area contributed by atoms with Gasteiger partial charge in [0.05, 0.1) is 0 Å². The van der Waals surface area contributed by atoms with Gasteiger partial charge in [-0.25, -0.2) is 0 Å². The van der Waals surface area contributed by atoms with Crippen molar-refractivity contribution in [3.8, 4) is 5.75 Å². The SMILES string of the molecule is CC[C@H](C)c1ccccc1NC(=O)[C@H](C)Oc1ccc(C(=O)c2ccccc2)cc1. The molecule has 0 aliphatic carbocycles. The summed E-state index contributed by atoms with van der Waals surface area (Å²) in [6.07, 6.45) is 0.318. The Kier molecular flexibility index (Phi) is 7.02. The molecule has 1 N–H and O–H groups in total. The molecule has 0 aliphatic heterocycles. The number of amides is 1. The molecule has 3 aromatic rings. The molecular weight excluding hydrogens is 374 g/mol. The second kappa shape index (κ2) is 9.88. The van der Waals surface area contributed by atoms with Crippen molar-refractivity contribution in [3.05, 3.63) is 95.6 Å². The summed E-state index contributed by atoms with van der Waals surface area (Å²) in [5.41, 5.74) is 3.15. The largest absolute Gasteiger partial charge is 0.481 e. The van der Waals surface area contributed by atoms with E-state index in [2.05, 4.69) is 19.2 Å². The van der Waals surface area contributed by atoms with Gasteiger partial charge in [-0.05, 0) is 55.2 Å². The van der Waals surface area contributed by atoms with Gasteiger partial charge in [0, 0.05) is 16.8 Å². The highest BCUT2D eigenvalue weighted by Crippen LogP contribution is 2.27. The first-order valence-electron chi connectivity index (χ1n) is 10.3. The van der Waals surface area contributed by atoms with Crippen molar-refractivity contribution in [1.82, 2.24) is 0 Å². The van der Waals surface area contributed by atoms with Gasteiger partial charge in [-0.2, -0.15) is 0 Å². The smallest absolute Gasteiger partial charge is 0.265 e. The molecule has 0 radical (unpaired) electrons. The average Bonchev–Trinajstić information content (AvgIpc) is 2.79. The molecule has 4 nitrogen and oxygen atoms in total. The molecule has 0 bridgehead atoms. The quantitative estimate of drug-likeness (QED) is 0.483. The zero-order chi connectivity index (χ0) is 21.5. The van der Waals surface area contributed by atoms with E-state index in [0.717, 1.165) is 17.7 Å². The summed E-state index contributed by atoms with van der Waals surface area (Å²) in [6.45, 7) is 5.98. The lowest BCUT2D eigenvalue weighted by Crippen LogP contribution is -2.30. The van der Waals surface area contributed by atoms with Gasteiger partial charge >= 0.3 is 0 Å². The number of benzene rings is 3. The van der Waals surface area contributed by atoms with Crippen molar-refractivity contribution >= 4 is 17.4 Å². The Labute approximate surface area is 177 Å². The number of carbonyl (C=O) groups is 2. The van der Waals surface area contributed by atoms with E-state index in [-0.39, 0.29) is 11.7 Å². The number of nitrogens with one attached hydrogen (secondary N) is 1. The first kappa shape index (κ1) is 21.3. The fraction of sp³-hybridized carbons (Fsp3) is 0.231. The Balaban J connectivity index is 1.64. The molecule has 0 heterocycles. The van der Waals surface area contributed by atoms with Crippen LogP contribution in [-0.2, 0) is 4.79 Å². The number of ketones is 1. The van der Waals surface area contributed by atoms with E-state index < -0.39 is 6.10 Å². The van der Waals surface area contributed by atoms with Crippen molar-refractivity contribution in [3.63, 3.8) is 0 Å². The molecule has 0 fully saturated rings. The van der Waals surface area contributed by atoms with Crippen molar-refractivity contribution < 1.29 is 14.3 Å². The van der Waals surface area contributed by atoms with E-state index in [9.17, 15) is 9.59 Å². The van der Waals surface area contributed by atoms with Crippen LogP contribution in [-0.4, -0.2) is 17.8 Å². The molecule has 0 aromatic heterocycles. The van der Waals surface area contributed by atoms with E-state index in [1.165, 1.54) is 0 Å². The fourth-order valence-corrected chi connectivity index (χ4v) is 3.19. The summed E-state index contributed by atoms with van der Waals surface area (Å²) in [6, 6.07) is 23.8. The second-order valence-corrected chi connectivity index (χ2v) is 7.37. The van der Waals surface area contributed by atoms with Crippen molar-refractivity contribution in [1.29, 1.82) is 0 Å². The molecule has 154 valence electrons. The van der Waals surface area contributed by atoms with Crippen LogP contribution < -0.4 is 10.1 Å². The number of ether oxygens (including phenoxy) is 1. The highest BCUT2D eigenvalue weighted by Gasteiger charge is 2.18. The van der Waals surface area contributed by atoms with Gasteiger partial charge in [-0.3, -0.25) is 9.59 Å². The van der Waals surface area contributed by atoms with Gasteiger partial charge < -0.3 is 10.1 Å². The molecule has 2 atom stereocenters. The van der Waals surface area contributed by atoms with E-state index in [0.29, 0.717) is 22.8 Å². The van der Waals surface area contributed by atoms with Gasteiger partial charge in [-0.1, -0.05) is 62.4 Å². The molecule has 30 heavy (non-hydrogen) atoms. The van der Waals surface area contributed by atoms with Crippen LogP contribution in [0.25, 0.3) is 0 Å². The zero-order valence-electron chi connectivity index (χ0n) is 17.6. The van der Waals surface area contributed by atoms with Crippen LogP contribution in [0.2, 0.25) is 0 Å². The first-order valence-corrected chi connectivity index (χ1v) is 10.3. The third-order valence-corrected chi connectivity index (χ3v) is 5.20. The predicted molar refractivity (Wildman–Crippen MR) is 120 cm³/mol. The lowest BCUT2D eigenvalue weighted by molar-refractivity contribution is -0.122. The number of rotatable bonds is 8. The Morgan fingerprint density at radius 2 is 1.43 bits per heavy atom. The molecule has 1 amide bonds. The number of hydrogen-bond acceptors (Lipinski definition) is 3. The molecule has 4 heteroatoms. The lowest BCUT2D eigenvalue weighted by Gasteiger charge is -2.18. The Morgan fingerprint density at radius 3 is 2.10 bits per heavy atom. The van der Waals surface area contributed by atoms with Crippen LogP contribution in [0.4, 0.5) is 5.69 Å². The minimum Gasteiger partial charge on any atom is -0.481 e. The maximum absolute atomic E-state index is 12.6. The molecule has 3 rings (SSSR count). The number of anilines is 1. The molecule has 0 aliphatic rings. The Bertz CT molecular complexity index is 996. The first-order chi connectivity index (χ1) is 14.5. The molecule has 0 spiro atoms. The van der Waals surface area contributed by atoms with Gasteiger partial charge in [0.25, 0.3) is 5.91 Å². The maximum Gasteiger partial charge on any atom is 0.265 e. The highest BCUT2D eigenvalue weighted by molar-refractivity contribution is 6.09. The Morgan fingerprint density at radius 1 is 0.833 bits per heavy atom.